The molecule has 1 fully saturated rings. The van der Waals surface area contributed by atoms with Crippen molar-refractivity contribution in [2.75, 3.05) is 24.2 Å². The van der Waals surface area contributed by atoms with Crippen molar-refractivity contribution >= 4 is 28.8 Å². The smallest absolute Gasteiger partial charge is 0.152 e. The number of pyridine rings is 1. The number of piperidine rings is 1. The fraction of sp³-hybridized carbons (Fsp3) is 0.333. The van der Waals surface area contributed by atoms with E-state index >= 15 is 0 Å². The molecule has 5 nitrogen and oxygen atoms in total. The predicted octanol–water partition coefficient (Wildman–Crippen LogP) is 3.60. The zero-order valence-electron chi connectivity index (χ0n) is 14.0. The molecule has 0 radical (unpaired) electrons. The Morgan fingerprint density at radius 2 is 2.08 bits per heavy atom. The lowest BCUT2D eigenvalue weighted by molar-refractivity contribution is 0.477. The maximum Gasteiger partial charge on any atom is 0.152 e. The summed E-state index contributed by atoms with van der Waals surface area (Å²) in [5, 5.41) is 0. The van der Waals surface area contributed by atoms with Crippen LogP contribution in [0.25, 0.3) is 22.4 Å². The Kier molecular flexibility index (Phi) is 4.59. The highest BCUT2D eigenvalue weighted by Crippen LogP contribution is 2.27. The molecule has 0 aliphatic carbocycles. The van der Waals surface area contributed by atoms with Gasteiger partial charge in [-0.3, -0.25) is 4.72 Å². The summed E-state index contributed by atoms with van der Waals surface area (Å²) in [6.45, 7) is 1.83. The Bertz CT molecular complexity index is 840. The van der Waals surface area contributed by atoms with Gasteiger partial charge in [-0.2, -0.15) is 0 Å². The van der Waals surface area contributed by atoms with Gasteiger partial charge >= 0.3 is 0 Å². The topological polar surface area (TPSA) is 56.8 Å². The molecule has 3 aromatic rings. The molecule has 0 spiro atoms. The molecular weight excluding hydrogens is 337 g/mol. The number of benzene rings is 1. The Hall–Kier alpha value is -2.12. The first kappa shape index (κ1) is 16.4. The number of fused-ring (bicyclic) bond motifs is 1. The molecule has 0 saturated carbocycles. The molecule has 1 saturated heterocycles. The summed E-state index contributed by atoms with van der Waals surface area (Å²) in [6.07, 6.45) is 5.46. The third-order valence-electron chi connectivity index (χ3n) is 4.59. The van der Waals surface area contributed by atoms with Crippen LogP contribution in [-0.4, -0.2) is 40.3 Å². The average molecular weight is 357 g/mol. The highest BCUT2D eigenvalue weighted by molar-refractivity contribution is 7.96. The highest BCUT2D eigenvalue weighted by atomic mass is 32.2. The van der Waals surface area contributed by atoms with E-state index < -0.39 is 0 Å². The minimum absolute atomic E-state index is 0.359. The van der Waals surface area contributed by atoms with Gasteiger partial charge in [-0.25, -0.2) is 14.4 Å². The largest absolute Gasteiger partial charge is 0.356 e. The van der Waals surface area contributed by atoms with E-state index in [1.807, 2.05) is 30.5 Å². The summed E-state index contributed by atoms with van der Waals surface area (Å²) < 4.78 is 17.8. The van der Waals surface area contributed by atoms with E-state index in [1.165, 1.54) is 6.20 Å². The number of hydrogen-bond donors (Lipinski definition) is 2. The van der Waals surface area contributed by atoms with Crippen LogP contribution in [0.15, 0.2) is 36.5 Å². The Labute approximate surface area is 150 Å². The van der Waals surface area contributed by atoms with E-state index in [0.717, 1.165) is 42.8 Å². The van der Waals surface area contributed by atoms with Crippen molar-refractivity contribution < 1.29 is 4.39 Å². The van der Waals surface area contributed by atoms with Crippen LogP contribution in [-0.2, 0) is 0 Å². The molecule has 3 heterocycles. The number of aromatic amines is 1. The number of rotatable bonds is 4. The second-order valence-corrected chi connectivity index (χ2v) is 6.85. The number of halogens is 1. The molecule has 1 aromatic carbocycles. The minimum Gasteiger partial charge on any atom is -0.356 e. The molecule has 2 N–H and O–H groups in total. The fourth-order valence-corrected chi connectivity index (χ4v) is 3.82. The van der Waals surface area contributed by atoms with Gasteiger partial charge in [0.25, 0.3) is 0 Å². The lowest BCUT2D eigenvalue weighted by Crippen LogP contribution is -2.40. The number of hydrogen-bond acceptors (Lipinski definition) is 5. The molecule has 0 unspecified atom stereocenters. The van der Waals surface area contributed by atoms with Crippen LogP contribution in [0.3, 0.4) is 0 Å². The summed E-state index contributed by atoms with van der Waals surface area (Å²) in [7, 11) is 0. The van der Waals surface area contributed by atoms with Gasteiger partial charge in [0, 0.05) is 19.1 Å². The second-order valence-electron chi connectivity index (χ2n) is 6.21. The van der Waals surface area contributed by atoms with Gasteiger partial charge in [-0.15, -0.1) is 0 Å². The molecular formula is C18H20FN5S. The van der Waals surface area contributed by atoms with Crippen molar-refractivity contribution in [3.05, 3.63) is 42.3 Å². The molecule has 4 rings (SSSR count). The summed E-state index contributed by atoms with van der Waals surface area (Å²) in [5.74, 6) is 0.988. The van der Waals surface area contributed by atoms with Crippen molar-refractivity contribution in [2.24, 2.45) is 0 Å². The van der Waals surface area contributed by atoms with Crippen molar-refractivity contribution in [1.82, 2.24) is 19.7 Å². The van der Waals surface area contributed by atoms with Gasteiger partial charge in [-0.1, -0.05) is 24.1 Å². The first-order valence-electron chi connectivity index (χ1n) is 8.38. The van der Waals surface area contributed by atoms with Gasteiger partial charge in [-0.05, 0) is 37.3 Å². The molecule has 2 aromatic heterocycles. The number of nitrogens with one attached hydrogen (secondary N) is 2. The van der Waals surface area contributed by atoms with E-state index in [0.29, 0.717) is 17.4 Å². The lowest BCUT2D eigenvalue weighted by Gasteiger charge is -2.32. The van der Waals surface area contributed by atoms with Gasteiger partial charge < -0.3 is 9.88 Å². The monoisotopic (exact) mass is 357 g/mol. The first-order chi connectivity index (χ1) is 12.2. The number of aromatic nitrogens is 3. The van der Waals surface area contributed by atoms with Gasteiger partial charge in [0.05, 0.1) is 22.8 Å². The minimum atomic E-state index is -0.359. The van der Waals surface area contributed by atoms with Crippen LogP contribution in [0.4, 0.5) is 10.2 Å². The zero-order chi connectivity index (χ0) is 17.2. The maximum absolute atomic E-state index is 14.4. The molecule has 0 bridgehead atoms. The van der Waals surface area contributed by atoms with Crippen LogP contribution in [0.2, 0.25) is 0 Å². The van der Waals surface area contributed by atoms with E-state index in [-0.39, 0.29) is 5.82 Å². The van der Waals surface area contributed by atoms with E-state index in [1.54, 1.807) is 18.0 Å². The zero-order valence-corrected chi connectivity index (χ0v) is 14.8. The number of imidazole rings is 1. The van der Waals surface area contributed by atoms with E-state index in [4.69, 9.17) is 0 Å². The summed E-state index contributed by atoms with van der Waals surface area (Å²) >= 11 is 1.66. The molecule has 130 valence electrons. The van der Waals surface area contributed by atoms with Crippen molar-refractivity contribution in [3.8, 4) is 11.4 Å². The van der Waals surface area contributed by atoms with Gasteiger partial charge in [0.15, 0.2) is 5.82 Å². The van der Waals surface area contributed by atoms with Crippen molar-refractivity contribution in [3.63, 3.8) is 0 Å². The number of para-hydroxylation sites is 2. The van der Waals surface area contributed by atoms with E-state index in [2.05, 4.69) is 24.6 Å². The summed E-state index contributed by atoms with van der Waals surface area (Å²) in [6, 6.07) is 10.0. The van der Waals surface area contributed by atoms with Gasteiger partial charge in [0.1, 0.15) is 11.6 Å². The standard InChI is InChI=1S/C18H20FN5S/c1-25-23-12-6-8-24(9-7-12)17-10-13(14(19)11-20-17)18-21-15-4-2-3-5-16(15)22-18/h2-5,10-12,23H,6-9H2,1H3,(H,21,22). The number of H-pyrrole nitrogens is 1. The van der Waals surface area contributed by atoms with Crippen LogP contribution in [0.5, 0.6) is 0 Å². The quantitative estimate of drug-likeness (QED) is 0.699. The highest BCUT2D eigenvalue weighted by Gasteiger charge is 2.21. The molecule has 0 atom stereocenters. The molecule has 7 heteroatoms. The Morgan fingerprint density at radius 1 is 1.28 bits per heavy atom. The third-order valence-corrected chi connectivity index (χ3v) is 5.16. The summed E-state index contributed by atoms with van der Waals surface area (Å²) in [5.41, 5.74) is 2.20. The van der Waals surface area contributed by atoms with Crippen molar-refractivity contribution in [1.29, 1.82) is 0 Å². The molecule has 0 amide bonds. The maximum atomic E-state index is 14.4. The third kappa shape index (κ3) is 3.34. The van der Waals surface area contributed by atoms with Crippen LogP contribution in [0, 0.1) is 5.82 Å². The van der Waals surface area contributed by atoms with E-state index in [9.17, 15) is 4.39 Å². The summed E-state index contributed by atoms with van der Waals surface area (Å²) in [4.78, 5) is 14.2. The average Bonchev–Trinajstić information content (AvgIpc) is 3.07. The molecule has 1 aliphatic rings. The van der Waals surface area contributed by atoms with Crippen molar-refractivity contribution in [2.45, 2.75) is 18.9 Å². The van der Waals surface area contributed by atoms with Crippen LogP contribution < -0.4 is 9.62 Å². The second kappa shape index (κ2) is 7.01. The molecule has 25 heavy (non-hydrogen) atoms. The normalized spacial score (nSPS) is 15.8. The molecule has 1 aliphatic heterocycles. The number of anilines is 1. The fourth-order valence-electron chi connectivity index (χ4n) is 3.26. The van der Waals surface area contributed by atoms with Crippen LogP contribution in [0.1, 0.15) is 12.8 Å². The predicted molar refractivity (Wildman–Crippen MR) is 101 cm³/mol. The number of nitrogens with zero attached hydrogens (tertiary/aromatic N) is 3. The van der Waals surface area contributed by atoms with Crippen LogP contribution >= 0.6 is 11.9 Å². The van der Waals surface area contributed by atoms with Gasteiger partial charge in [0.2, 0.25) is 0 Å². The first-order valence-corrected chi connectivity index (χ1v) is 9.61. The Balaban J connectivity index is 1.61. The Morgan fingerprint density at radius 3 is 2.84 bits per heavy atom. The SMILES string of the molecule is CSNC1CCN(c2cc(-c3nc4ccccc4[nH]3)c(F)cn2)CC1. The lowest BCUT2D eigenvalue weighted by atomic mass is 10.1.